The Morgan fingerprint density at radius 3 is 2.43 bits per heavy atom. The monoisotopic (exact) mass is 273 g/mol. The zero-order valence-corrected chi connectivity index (χ0v) is 11.8. The second kappa shape index (κ2) is 5.64. The lowest BCUT2D eigenvalue weighted by molar-refractivity contribution is 0.975. The number of imidazole rings is 1. The summed E-state index contributed by atoms with van der Waals surface area (Å²) >= 11 is 0. The summed E-state index contributed by atoms with van der Waals surface area (Å²) in [6, 6.07) is 20.4. The highest BCUT2D eigenvalue weighted by Crippen LogP contribution is 2.22. The molecule has 1 aromatic heterocycles. The highest BCUT2D eigenvalue weighted by Gasteiger charge is 2.08. The fourth-order valence-electron chi connectivity index (χ4n) is 2.31. The third kappa shape index (κ3) is 2.56. The highest BCUT2D eigenvalue weighted by molar-refractivity contribution is 5.58. The summed E-state index contributed by atoms with van der Waals surface area (Å²) in [5, 5.41) is 8.97. The van der Waals surface area contributed by atoms with E-state index in [9.17, 15) is 0 Å². The van der Waals surface area contributed by atoms with Crippen LogP contribution in [0.5, 0.6) is 0 Å². The number of hydrogen-bond donors (Lipinski definition) is 0. The molecule has 102 valence electrons. The lowest BCUT2D eigenvalue weighted by Gasteiger charge is -2.09. The largest absolute Gasteiger partial charge is 0.300 e. The van der Waals surface area contributed by atoms with Crippen molar-refractivity contribution in [2.24, 2.45) is 0 Å². The van der Waals surface area contributed by atoms with E-state index in [2.05, 4.69) is 15.6 Å². The molecule has 1 unspecified atom stereocenters. The molecule has 3 aromatic rings. The molecule has 3 rings (SSSR count). The minimum atomic E-state index is -0.0876. The molecule has 0 N–H and O–H groups in total. The van der Waals surface area contributed by atoms with Gasteiger partial charge in [0.05, 0.1) is 12.0 Å². The molecular formula is C18H15N3. The Labute approximate surface area is 124 Å². The van der Waals surface area contributed by atoms with Crippen molar-refractivity contribution < 1.29 is 0 Å². The zero-order valence-electron chi connectivity index (χ0n) is 11.8. The van der Waals surface area contributed by atoms with Gasteiger partial charge in [0, 0.05) is 23.6 Å². The van der Waals surface area contributed by atoms with Crippen LogP contribution in [-0.2, 0) is 0 Å². The Morgan fingerprint density at radius 1 is 1.05 bits per heavy atom. The lowest BCUT2D eigenvalue weighted by atomic mass is 10.0. The fraction of sp³-hybridized carbons (Fsp3) is 0.111. The van der Waals surface area contributed by atoms with Crippen LogP contribution in [0.4, 0.5) is 0 Å². The predicted molar refractivity (Wildman–Crippen MR) is 83.0 cm³/mol. The maximum Gasteiger partial charge on any atom is 0.144 e. The predicted octanol–water partition coefficient (Wildman–Crippen LogP) is 4.17. The van der Waals surface area contributed by atoms with Crippen molar-refractivity contribution in [2.75, 3.05) is 0 Å². The molecule has 1 atom stereocenters. The van der Waals surface area contributed by atoms with Crippen molar-refractivity contribution in [3.05, 3.63) is 72.6 Å². The molecule has 0 fully saturated rings. The summed E-state index contributed by atoms with van der Waals surface area (Å²) in [5.74, 6) is 0.826. The Bertz CT molecular complexity index is 764. The molecule has 0 saturated heterocycles. The van der Waals surface area contributed by atoms with Gasteiger partial charge in [0.1, 0.15) is 5.82 Å². The number of nitriles is 1. The van der Waals surface area contributed by atoms with Crippen LogP contribution in [0.2, 0.25) is 0 Å². The van der Waals surface area contributed by atoms with E-state index in [1.54, 1.807) is 6.20 Å². The smallest absolute Gasteiger partial charge is 0.144 e. The first-order valence-electron chi connectivity index (χ1n) is 6.88. The van der Waals surface area contributed by atoms with E-state index in [4.69, 9.17) is 5.26 Å². The molecule has 21 heavy (non-hydrogen) atoms. The first-order valence-corrected chi connectivity index (χ1v) is 6.88. The van der Waals surface area contributed by atoms with Crippen LogP contribution >= 0.6 is 0 Å². The average molecular weight is 273 g/mol. The topological polar surface area (TPSA) is 41.6 Å². The third-order valence-corrected chi connectivity index (χ3v) is 3.54. The van der Waals surface area contributed by atoms with Gasteiger partial charge in [0.15, 0.2) is 0 Å². The van der Waals surface area contributed by atoms with Crippen molar-refractivity contribution in [1.82, 2.24) is 9.55 Å². The zero-order chi connectivity index (χ0) is 14.7. The maximum atomic E-state index is 8.97. The molecule has 0 aliphatic heterocycles. The fourth-order valence-corrected chi connectivity index (χ4v) is 2.31. The van der Waals surface area contributed by atoms with Gasteiger partial charge < -0.3 is 0 Å². The SMILES string of the molecule is CC(C#N)c1ccc(-n2ccnc2-c2ccccc2)cc1. The minimum Gasteiger partial charge on any atom is -0.300 e. The van der Waals surface area contributed by atoms with Crippen LogP contribution in [0.25, 0.3) is 17.1 Å². The van der Waals surface area contributed by atoms with Gasteiger partial charge in [-0.15, -0.1) is 0 Å². The summed E-state index contributed by atoms with van der Waals surface area (Å²) < 4.78 is 2.05. The van der Waals surface area contributed by atoms with E-state index >= 15 is 0 Å². The lowest BCUT2D eigenvalue weighted by Crippen LogP contribution is -1.97. The van der Waals surface area contributed by atoms with Gasteiger partial charge in [-0.25, -0.2) is 4.98 Å². The average Bonchev–Trinajstić information content (AvgIpc) is 3.04. The van der Waals surface area contributed by atoms with Gasteiger partial charge in [-0.3, -0.25) is 4.57 Å². The number of rotatable bonds is 3. The quantitative estimate of drug-likeness (QED) is 0.718. The number of hydrogen-bond acceptors (Lipinski definition) is 2. The van der Waals surface area contributed by atoms with Crippen molar-refractivity contribution in [1.29, 1.82) is 5.26 Å². The Balaban J connectivity index is 1.99. The van der Waals surface area contributed by atoms with E-state index < -0.39 is 0 Å². The Hall–Kier alpha value is -2.86. The van der Waals surface area contributed by atoms with Crippen LogP contribution in [0.15, 0.2) is 67.0 Å². The van der Waals surface area contributed by atoms with Crippen molar-refractivity contribution in [3.8, 4) is 23.1 Å². The standard InChI is InChI=1S/C18H15N3/c1-14(13-19)15-7-9-17(10-8-15)21-12-11-20-18(21)16-5-3-2-4-6-16/h2-12,14H,1H3. The van der Waals surface area contributed by atoms with Gasteiger partial charge in [-0.05, 0) is 24.6 Å². The van der Waals surface area contributed by atoms with Crippen LogP contribution in [-0.4, -0.2) is 9.55 Å². The number of benzene rings is 2. The van der Waals surface area contributed by atoms with E-state index in [1.807, 2.05) is 67.7 Å². The molecule has 1 heterocycles. The number of aromatic nitrogens is 2. The molecule has 2 aromatic carbocycles. The normalized spacial score (nSPS) is 11.8. The molecule has 0 saturated carbocycles. The van der Waals surface area contributed by atoms with Crippen LogP contribution in [0.1, 0.15) is 18.4 Å². The second-order valence-electron chi connectivity index (χ2n) is 4.93. The molecule has 3 heteroatoms. The van der Waals surface area contributed by atoms with Gasteiger partial charge in [-0.2, -0.15) is 5.26 Å². The molecule has 0 bridgehead atoms. The van der Waals surface area contributed by atoms with Gasteiger partial charge in [0.2, 0.25) is 0 Å². The van der Waals surface area contributed by atoms with Crippen molar-refractivity contribution in [3.63, 3.8) is 0 Å². The molecule has 0 aliphatic rings. The van der Waals surface area contributed by atoms with E-state index in [0.717, 1.165) is 22.6 Å². The first kappa shape index (κ1) is 13.1. The molecular weight excluding hydrogens is 258 g/mol. The molecule has 0 spiro atoms. The Kier molecular flexibility index (Phi) is 3.53. The summed E-state index contributed by atoms with van der Waals surface area (Å²) in [6.07, 6.45) is 3.75. The summed E-state index contributed by atoms with van der Waals surface area (Å²) in [4.78, 5) is 4.45. The van der Waals surface area contributed by atoms with E-state index in [-0.39, 0.29) is 5.92 Å². The third-order valence-electron chi connectivity index (χ3n) is 3.54. The molecule has 0 amide bonds. The summed E-state index contributed by atoms with van der Waals surface area (Å²) in [6.45, 7) is 1.90. The van der Waals surface area contributed by atoms with Crippen molar-refractivity contribution >= 4 is 0 Å². The van der Waals surface area contributed by atoms with Crippen LogP contribution < -0.4 is 0 Å². The molecule has 0 aliphatic carbocycles. The van der Waals surface area contributed by atoms with Crippen molar-refractivity contribution in [2.45, 2.75) is 12.8 Å². The van der Waals surface area contributed by atoms with Crippen LogP contribution in [0.3, 0.4) is 0 Å². The highest BCUT2D eigenvalue weighted by atomic mass is 15.1. The summed E-state index contributed by atoms with van der Waals surface area (Å²) in [7, 11) is 0. The molecule has 0 radical (unpaired) electrons. The molecule has 3 nitrogen and oxygen atoms in total. The Morgan fingerprint density at radius 2 is 1.76 bits per heavy atom. The van der Waals surface area contributed by atoms with Crippen LogP contribution in [0, 0.1) is 11.3 Å². The number of nitrogens with zero attached hydrogens (tertiary/aromatic N) is 3. The van der Waals surface area contributed by atoms with Gasteiger partial charge in [-0.1, -0.05) is 42.5 Å². The minimum absolute atomic E-state index is 0.0876. The summed E-state index contributed by atoms with van der Waals surface area (Å²) in [5.41, 5.74) is 3.15. The maximum absolute atomic E-state index is 8.97. The van der Waals surface area contributed by atoms with Gasteiger partial charge >= 0.3 is 0 Å². The first-order chi connectivity index (χ1) is 10.3. The second-order valence-corrected chi connectivity index (χ2v) is 4.93. The van der Waals surface area contributed by atoms with E-state index in [1.165, 1.54) is 0 Å². The van der Waals surface area contributed by atoms with E-state index in [0.29, 0.717) is 0 Å². The van der Waals surface area contributed by atoms with Gasteiger partial charge in [0.25, 0.3) is 0 Å².